The van der Waals surface area contributed by atoms with Gasteiger partial charge in [-0.2, -0.15) is 11.8 Å². The molecule has 0 aliphatic carbocycles. The Hall–Kier alpha value is 0.270. The Labute approximate surface area is 73.8 Å². The van der Waals surface area contributed by atoms with Crippen molar-refractivity contribution < 1.29 is 5.11 Å². The van der Waals surface area contributed by atoms with Gasteiger partial charge in [0.1, 0.15) is 0 Å². The SMILES string of the molecule is CCCNC(CO)CSCC. The number of hydrogen-bond acceptors (Lipinski definition) is 3. The fourth-order valence-electron chi connectivity index (χ4n) is 0.785. The molecule has 0 saturated heterocycles. The van der Waals surface area contributed by atoms with E-state index in [1.807, 2.05) is 11.8 Å². The van der Waals surface area contributed by atoms with Crippen LogP contribution in [0.3, 0.4) is 0 Å². The normalized spacial score (nSPS) is 13.4. The number of nitrogens with one attached hydrogen (secondary N) is 1. The standard InChI is InChI=1S/C8H19NOS/c1-3-5-9-8(6-10)7-11-4-2/h8-10H,3-7H2,1-2H3. The lowest BCUT2D eigenvalue weighted by Crippen LogP contribution is -2.35. The predicted molar refractivity (Wildman–Crippen MR) is 52.2 cm³/mol. The molecule has 2 nitrogen and oxygen atoms in total. The van der Waals surface area contributed by atoms with Crippen molar-refractivity contribution >= 4 is 11.8 Å². The van der Waals surface area contributed by atoms with Crippen LogP contribution in [0.1, 0.15) is 20.3 Å². The molecule has 0 aliphatic heterocycles. The lowest BCUT2D eigenvalue weighted by Gasteiger charge is -2.14. The molecule has 0 saturated carbocycles. The van der Waals surface area contributed by atoms with Crippen LogP contribution in [0.25, 0.3) is 0 Å². The molecular weight excluding hydrogens is 158 g/mol. The average Bonchev–Trinajstić information content (AvgIpc) is 2.05. The van der Waals surface area contributed by atoms with E-state index in [1.165, 1.54) is 0 Å². The number of aliphatic hydroxyl groups is 1. The van der Waals surface area contributed by atoms with E-state index in [0.29, 0.717) is 6.04 Å². The largest absolute Gasteiger partial charge is 0.395 e. The molecule has 11 heavy (non-hydrogen) atoms. The summed E-state index contributed by atoms with van der Waals surface area (Å²) in [5, 5.41) is 12.2. The van der Waals surface area contributed by atoms with Gasteiger partial charge in [-0.3, -0.25) is 0 Å². The van der Waals surface area contributed by atoms with E-state index in [1.54, 1.807) is 0 Å². The van der Waals surface area contributed by atoms with Crippen LogP contribution < -0.4 is 5.32 Å². The number of rotatable bonds is 7. The molecular formula is C8H19NOS. The summed E-state index contributed by atoms with van der Waals surface area (Å²) in [6.45, 7) is 5.54. The van der Waals surface area contributed by atoms with Crippen LogP contribution in [0.5, 0.6) is 0 Å². The zero-order valence-electron chi connectivity index (χ0n) is 7.47. The van der Waals surface area contributed by atoms with E-state index < -0.39 is 0 Å². The minimum atomic E-state index is 0.257. The van der Waals surface area contributed by atoms with Gasteiger partial charge in [0.25, 0.3) is 0 Å². The molecule has 0 aromatic rings. The zero-order valence-corrected chi connectivity index (χ0v) is 8.28. The second-order valence-corrected chi connectivity index (χ2v) is 3.81. The monoisotopic (exact) mass is 177 g/mol. The van der Waals surface area contributed by atoms with Gasteiger partial charge in [-0.15, -0.1) is 0 Å². The van der Waals surface area contributed by atoms with E-state index in [2.05, 4.69) is 19.2 Å². The Balaban J connectivity index is 3.25. The van der Waals surface area contributed by atoms with Gasteiger partial charge in [0.2, 0.25) is 0 Å². The zero-order chi connectivity index (χ0) is 8.53. The van der Waals surface area contributed by atoms with Crippen LogP contribution in [0.4, 0.5) is 0 Å². The summed E-state index contributed by atoms with van der Waals surface area (Å²) < 4.78 is 0. The third-order valence-electron chi connectivity index (χ3n) is 1.43. The summed E-state index contributed by atoms with van der Waals surface area (Å²) in [5.41, 5.74) is 0. The molecule has 0 amide bonds. The summed E-state index contributed by atoms with van der Waals surface area (Å²) in [7, 11) is 0. The van der Waals surface area contributed by atoms with Crippen LogP contribution in [0.15, 0.2) is 0 Å². The first-order valence-corrected chi connectivity index (χ1v) is 5.42. The van der Waals surface area contributed by atoms with Gasteiger partial charge >= 0.3 is 0 Å². The predicted octanol–water partition coefficient (Wildman–Crippen LogP) is 1.10. The van der Waals surface area contributed by atoms with E-state index >= 15 is 0 Å². The van der Waals surface area contributed by atoms with Gasteiger partial charge in [0.05, 0.1) is 6.61 Å². The molecule has 0 aromatic heterocycles. The summed E-state index contributed by atoms with van der Waals surface area (Å²) in [6.07, 6.45) is 1.13. The van der Waals surface area contributed by atoms with Crippen LogP contribution >= 0.6 is 11.8 Å². The van der Waals surface area contributed by atoms with E-state index in [4.69, 9.17) is 5.11 Å². The summed E-state index contributed by atoms with van der Waals surface area (Å²) >= 11 is 1.87. The van der Waals surface area contributed by atoms with Crippen molar-refractivity contribution in [1.29, 1.82) is 0 Å². The smallest absolute Gasteiger partial charge is 0.0592 e. The minimum absolute atomic E-state index is 0.257. The second kappa shape index (κ2) is 8.37. The van der Waals surface area contributed by atoms with E-state index in [0.717, 1.165) is 24.5 Å². The van der Waals surface area contributed by atoms with Crippen LogP contribution in [0.2, 0.25) is 0 Å². The lowest BCUT2D eigenvalue weighted by atomic mass is 10.3. The summed E-state index contributed by atoms with van der Waals surface area (Å²) in [4.78, 5) is 0. The van der Waals surface area contributed by atoms with Crippen molar-refractivity contribution in [2.24, 2.45) is 0 Å². The summed E-state index contributed by atoms with van der Waals surface area (Å²) in [5.74, 6) is 2.15. The van der Waals surface area contributed by atoms with Gasteiger partial charge in [-0.25, -0.2) is 0 Å². The molecule has 0 fully saturated rings. The second-order valence-electron chi connectivity index (χ2n) is 2.49. The minimum Gasteiger partial charge on any atom is -0.395 e. The van der Waals surface area contributed by atoms with Crippen LogP contribution in [-0.4, -0.2) is 35.8 Å². The Bertz CT molecular complexity index is 72.5. The third kappa shape index (κ3) is 6.66. The maximum Gasteiger partial charge on any atom is 0.0592 e. The van der Waals surface area contributed by atoms with E-state index in [9.17, 15) is 0 Å². The molecule has 1 atom stereocenters. The molecule has 0 radical (unpaired) electrons. The molecule has 0 rings (SSSR count). The third-order valence-corrected chi connectivity index (χ3v) is 2.47. The quantitative estimate of drug-likeness (QED) is 0.611. The highest BCUT2D eigenvalue weighted by Gasteiger charge is 2.03. The van der Waals surface area contributed by atoms with Gasteiger partial charge in [0.15, 0.2) is 0 Å². The maximum atomic E-state index is 8.90. The van der Waals surface area contributed by atoms with Crippen LogP contribution in [-0.2, 0) is 0 Å². The molecule has 0 aliphatic rings. The highest BCUT2D eigenvalue weighted by atomic mass is 32.2. The number of aliphatic hydroxyl groups excluding tert-OH is 1. The maximum absolute atomic E-state index is 8.90. The van der Waals surface area contributed by atoms with Gasteiger partial charge in [0, 0.05) is 11.8 Å². The van der Waals surface area contributed by atoms with Gasteiger partial charge in [-0.05, 0) is 18.7 Å². The fraction of sp³-hybridized carbons (Fsp3) is 1.00. The Kier molecular flexibility index (Phi) is 8.57. The lowest BCUT2D eigenvalue weighted by molar-refractivity contribution is 0.254. The van der Waals surface area contributed by atoms with Crippen molar-refractivity contribution in [2.45, 2.75) is 26.3 Å². The molecule has 3 heteroatoms. The van der Waals surface area contributed by atoms with Crippen molar-refractivity contribution in [2.75, 3.05) is 24.7 Å². The first-order valence-electron chi connectivity index (χ1n) is 4.27. The molecule has 0 spiro atoms. The van der Waals surface area contributed by atoms with Crippen molar-refractivity contribution in [1.82, 2.24) is 5.32 Å². The highest BCUT2D eigenvalue weighted by Crippen LogP contribution is 2.01. The number of hydrogen-bond donors (Lipinski definition) is 2. The molecule has 1 unspecified atom stereocenters. The first-order chi connectivity index (χ1) is 5.35. The van der Waals surface area contributed by atoms with Crippen molar-refractivity contribution in [3.8, 4) is 0 Å². The van der Waals surface area contributed by atoms with Gasteiger partial charge in [-0.1, -0.05) is 13.8 Å². The molecule has 2 N–H and O–H groups in total. The van der Waals surface area contributed by atoms with Crippen LogP contribution in [0, 0.1) is 0 Å². The van der Waals surface area contributed by atoms with Crippen molar-refractivity contribution in [3.05, 3.63) is 0 Å². The first kappa shape index (κ1) is 11.3. The van der Waals surface area contributed by atoms with Crippen molar-refractivity contribution in [3.63, 3.8) is 0 Å². The number of thioether (sulfide) groups is 1. The van der Waals surface area contributed by atoms with Gasteiger partial charge < -0.3 is 10.4 Å². The Morgan fingerprint density at radius 3 is 2.64 bits per heavy atom. The topological polar surface area (TPSA) is 32.3 Å². The average molecular weight is 177 g/mol. The molecule has 68 valence electrons. The molecule has 0 aromatic carbocycles. The molecule has 0 heterocycles. The highest BCUT2D eigenvalue weighted by molar-refractivity contribution is 7.99. The Morgan fingerprint density at radius 2 is 2.18 bits per heavy atom. The Morgan fingerprint density at radius 1 is 1.45 bits per heavy atom. The molecule has 0 bridgehead atoms. The van der Waals surface area contributed by atoms with E-state index in [-0.39, 0.29) is 6.61 Å². The fourth-order valence-corrected chi connectivity index (χ4v) is 1.53. The summed E-state index contributed by atoms with van der Waals surface area (Å²) in [6, 6.07) is 0.292.